The number of aromatic nitrogens is 4. The van der Waals surface area contributed by atoms with Gasteiger partial charge in [0.05, 0.1) is 17.1 Å². The Bertz CT molecular complexity index is 677. The van der Waals surface area contributed by atoms with Crippen LogP contribution in [-0.4, -0.2) is 31.2 Å². The number of rotatable bonds is 2. The van der Waals surface area contributed by atoms with E-state index in [1.165, 1.54) is 4.68 Å². The Balaban J connectivity index is 1.77. The van der Waals surface area contributed by atoms with Crippen molar-refractivity contribution in [1.82, 2.24) is 24.6 Å². The van der Waals surface area contributed by atoms with E-state index in [2.05, 4.69) is 20.0 Å². The van der Waals surface area contributed by atoms with Crippen molar-refractivity contribution in [3.8, 4) is 0 Å². The van der Waals surface area contributed by atoms with E-state index in [1.54, 1.807) is 19.3 Å². The van der Waals surface area contributed by atoms with E-state index < -0.39 is 0 Å². The van der Waals surface area contributed by atoms with Gasteiger partial charge >= 0.3 is 0 Å². The van der Waals surface area contributed by atoms with Gasteiger partial charge in [0.15, 0.2) is 0 Å². The van der Waals surface area contributed by atoms with E-state index in [4.69, 9.17) is 0 Å². The van der Waals surface area contributed by atoms with E-state index in [0.717, 1.165) is 48.7 Å². The average molecular weight is 271 g/mol. The third-order valence-corrected chi connectivity index (χ3v) is 3.54. The predicted octanol–water partition coefficient (Wildman–Crippen LogP) is 0.437. The summed E-state index contributed by atoms with van der Waals surface area (Å²) in [5, 5.41) is 4.32. The lowest BCUT2D eigenvalue weighted by Gasteiger charge is -2.27. The Morgan fingerprint density at radius 2 is 2.15 bits per heavy atom. The summed E-state index contributed by atoms with van der Waals surface area (Å²) < 4.78 is 1.40. The van der Waals surface area contributed by atoms with Crippen LogP contribution in [0.1, 0.15) is 22.6 Å². The Labute approximate surface area is 117 Å². The number of hydrogen-bond acceptors (Lipinski definition) is 5. The first-order valence-corrected chi connectivity index (χ1v) is 6.68. The maximum absolute atomic E-state index is 11.7. The molecule has 20 heavy (non-hydrogen) atoms. The van der Waals surface area contributed by atoms with Gasteiger partial charge in [0.1, 0.15) is 0 Å². The second-order valence-electron chi connectivity index (χ2n) is 5.19. The van der Waals surface area contributed by atoms with Gasteiger partial charge in [0, 0.05) is 51.6 Å². The lowest BCUT2D eigenvalue weighted by Crippen LogP contribution is -2.34. The van der Waals surface area contributed by atoms with Crippen molar-refractivity contribution in [2.75, 3.05) is 6.54 Å². The van der Waals surface area contributed by atoms with Crippen molar-refractivity contribution in [1.29, 1.82) is 0 Å². The van der Waals surface area contributed by atoms with E-state index in [0.29, 0.717) is 0 Å². The van der Waals surface area contributed by atoms with Crippen molar-refractivity contribution in [3.63, 3.8) is 0 Å². The molecule has 0 amide bonds. The molecule has 6 heteroatoms. The van der Waals surface area contributed by atoms with Gasteiger partial charge in [-0.2, -0.15) is 5.10 Å². The molecule has 0 atom stereocenters. The zero-order chi connectivity index (χ0) is 14.1. The topological polar surface area (TPSA) is 63.9 Å². The summed E-state index contributed by atoms with van der Waals surface area (Å²) in [7, 11) is 1.69. The third-order valence-electron chi connectivity index (χ3n) is 3.54. The van der Waals surface area contributed by atoms with Gasteiger partial charge in [-0.15, -0.1) is 0 Å². The third kappa shape index (κ3) is 2.60. The molecule has 0 unspecified atom stereocenters. The molecule has 0 fully saturated rings. The van der Waals surface area contributed by atoms with Gasteiger partial charge in [0.2, 0.25) is 0 Å². The molecule has 6 nitrogen and oxygen atoms in total. The maximum atomic E-state index is 11.7. The van der Waals surface area contributed by atoms with Crippen LogP contribution in [0.15, 0.2) is 23.3 Å². The fraction of sp³-hybridized carbons (Fsp3) is 0.429. The molecular weight excluding hydrogens is 254 g/mol. The Morgan fingerprint density at radius 3 is 2.90 bits per heavy atom. The molecule has 0 aliphatic carbocycles. The van der Waals surface area contributed by atoms with Crippen molar-refractivity contribution >= 4 is 0 Å². The quantitative estimate of drug-likeness (QED) is 0.793. The van der Waals surface area contributed by atoms with Crippen LogP contribution in [0.25, 0.3) is 0 Å². The van der Waals surface area contributed by atoms with Gasteiger partial charge in [-0.3, -0.25) is 19.7 Å². The summed E-state index contributed by atoms with van der Waals surface area (Å²) in [5.74, 6) is 0. The van der Waals surface area contributed by atoms with E-state index >= 15 is 0 Å². The molecule has 2 aromatic heterocycles. The summed E-state index contributed by atoms with van der Waals surface area (Å²) in [6.45, 7) is 4.35. The van der Waals surface area contributed by atoms with Crippen LogP contribution < -0.4 is 5.56 Å². The summed E-state index contributed by atoms with van der Waals surface area (Å²) in [6, 6.07) is 1.69. The normalized spacial score (nSPS) is 15.1. The van der Waals surface area contributed by atoms with Crippen LogP contribution in [0.2, 0.25) is 0 Å². The highest BCUT2D eigenvalue weighted by Crippen LogP contribution is 2.16. The molecule has 2 aromatic rings. The van der Waals surface area contributed by atoms with Crippen molar-refractivity contribution in [3.05, 3.63) is 51.5 Å². The lowest BCUT2D eigenvalue weighted by molar-refractivity contribution is 0.238. The molecule has 0 saturated carbocycles. The SMILES string of the molecule is Cc1cnc(CN2CCc3nn(C)c(=O)cc3C2)cn1. The molecule has 0 bridgehead atoms. The molecule has 1 aliphatic heterocycles. The molecule has 0 spiro atoms. The van der Waals surface area contributed by atoms with Crippen LogP contribution in [0, 0.1) is 6.92 Å². The summed E-state index contributed by atoms with van der Waals surface area (Å²) >= 11 is 0. The summed E-state index contributed by atoms with van der Waals surface area (Å²) in [4.78, 5) is 22.6. The zero-order valence-corrected chi connectivity index (χ0v) is 11.7. The van der Waals surface area contributed by atoms with E-state index in [1.807, 2.05) is 13.1 Å². The fourth-order valence-electron chi connectivity index (χ4n) is 2.42. The van der Waals surface area contributed by atoms with Gasteiger partial charge in [-0.05, 0) is 12.5 Å². The Morgan fingerprint density at radius 1 is 1.30 bits per heavy atom. The van der Waals surface area contributed by atoms with Crippen LogP contribution in [-0.2, 0) is 26.6 Å². The maximum Gasteiger partial charge on any atom is 0.266 e. The van der Waals surface area contributed by atoms with Crippen LogP contribution in [0.3, 0.4) is 0 Å². The van der Waals surface area contributed by atoms with Gasteiger partial charge < -0.3 is 0 Å². The zero-order valence-electron chi connectivity index (χ0n) is 11.7. The van der Waals surface area contributed by atoms with Gasteiger partial charge in [-0.1, -0.05) is 0 Å². The predicted molar refractivity (Wildman–Crippen MR) is 74.1 cm³/mol. The van der Waals surface area contributed by atoms with Crippen molar-refractivity contribution in [2.45, 2.75) is 26.4 Å². The molecule has 0 aromatic carbocycles. The fourth-order valence-corrected chi connectivity index (χ4v) is 2.42. The lowest BCUT2D eigenvalue weighted by atomic mass is 10.1. The minimum atomic E-state index is -0.0549. The molecule has 0 N–H and O–H groups in total. The molecule has 3 rings (SSSR count). The minimum absolute atomic E-state index is 0.0549. The molecular formula is C14H17N5O. The second kappa shape index (κ2) is 5.13. The molecule has 3 heterocycles. The van der Waals surface area contributed by atoms with Gasteiger partial charge in [-0.25, -0.2) is 4.68 Å². The smallest absolute Gasteiger partial charge is 0.266 e. The highest BCUT2D eigenvalue weighted by atomic mass is 16.1. The number of fused-ring (bicyclic) bond motifs is 1. The Hall–Kier alpha value is -2.08. The van der Waals surface area contributed by atoms with Crippen molar-refractivity contribution < 1.29 is 0 Å². The molecule has 0 saturated heterocycles. The average Bonchev–Trinajstić information content (AvgIpc) is 2.43. The second-order valence-corrected chi connectivity index (χ2v) is 5.19. The standard InChI is InChI=1S/C14H17N5O/c1-10-6-16-12(7-15-10)9-19-4-3-13-11(8-19)5-14(20)18(2)17-13/h5-7H,3-4,8-9H2,1-2H3. The molecule has 104 valence electrons. The number of nitrogens with zero attached hydrogens (tertiary/aromatic N) is 5. The van der Waals surface area contributed by atoms with Crippen molar-refractivity contribution in [2.24, 2.45) is 7.05 Å². The number of aryl methyl sites for hydroxylation is 2. The van der Waals surface area contributed by atoms with Gasteiger partial charge in [0.25, 0.3) is 5.56 Å². The monoisotopic (exact) mass is 271 g/mol. The Kier molecular flexibility index (Phi) is 3.31. The number of hydrogen-bond donors (Lipinski definition) is 0. The first-order valence-electron chi connectivity index (χ1n) is 6.68. The van der Waals surface area contributed by atoms with E-state index in [-0.39, 0.29) is 5.56 Å². The van der Waals surface area contributed by atoms with E-state index in [9.17, 15) is 4.79 Å². The summed E-state index contributed by atoms with van der Waals surface area (Å²) in [6.07, 6.45) is 4.46. The highest BCUT2D eigenvalue weighted by Gasteiger charge is 2.19. The highest BCUT2D eigenvalue weighted by molar-refractivity contribution is 5.20. The minimum Gasteiger partial charge on any atom is -0.293 e. The molecule has 0 radical (unpaired) electrons. The summed E-state index contributed by atoms with van der Waals surface area (Å²) in [5.41, 5.74) is 3.87. The largest absolute Gasteiger partial charge is 0.293 e. The van der Waals surface area contributed by atoms with Crippen LogP contribution in [0.5, 0.6) is 0 Å². The first kappa shape index (κ1) is 12.9. The first-order chi connectivity index (χ1) is 9.61. The van der Waals surface area contributed by atoms with Crippen LogP contribution in [0.4, 0.5) is 0 Å². The molecule has 1 aliphatic rings. The van der Waals surface area contributed by atoms with Crippen LogP contribution >= 0.6 is 0 Å².